The van der Waals surface area contributed by atoms with E-state index in [0.717, 1.165) is 38.8 Å². The molecule has 0 heterocycles. The van der Waals surface area contributed by atoms with Crippen LogP contribution in [0.25, 0.3) is 0 Å². The lowest BCUT2D eigenvalue weighted by Gasteiger charge is -2.07. The van der Waals surface area contributed by atoms with Crippen molar-refractivity contribution >= 4 is 11.4 Å². The summed E-state index contributed by atoms with van der Waals surface area (Å²) in [7, 11) is 0. The van der Waals surface area contributed by atoms with Crippen molar-refractivity contribution in [2.45, 2.75) is 66.5 Å². The first kappa shape index (κ1) is 16.6. The van der Waals surface area contributed by atoms with E-state index < -0.39 is 0 Å². The van der Waals surface area contributed by atoms with Gasteiger partial charge in [0.15, 0.2) is 0 Å². The lowest BCUT2D eigenvalue weighted by Crippen LogP contribution is -1.99. The maximum absolute atomic E-state index is 4.73. The minimum Gasteiger partial charge on any atom is -0.289 e. The van der Waals surface area contributed by atoms with Crippen molar-refractivity contribution in [3.63, 3.8) is 0 Å². The normalized spacial score (nSPS) is 10.2. The number of nitrogens with zero attached hydrogens (tertiary/aromatic N) is 2. The lowest BCUT2D eigenvalue weighted by molar-refractivity contribution is 0.951. The van der Waals surface area contributed by atoms with Gasteiger partial charge in [-0.1, -0.05) is 52.0 Å². The van der Waals surface area contributed by atoms with Gasteiger partial charge >= 0.3 is 0 Å². The van der Waals surface area contributed by atoms with Gasteiger partial charge < -0.3 is 0 Å². The van der Waals surface area contributed by atoms with E-state index in [1.54, 1.807) is 0 Å². The number of aliphatic imine (C=N–C) groups is 2. The van der Waals surface area contributed by atoms with E-state index in [0.29, 0.717) is 0 Å². The van der Waals surface area contributed by atoms with E-state index >= 15 is 0 Å². The summed E-state index contributed by atoms with van der Waals surface area (Å²) in [6.07, 6.45) is 4.19. The Kier molecular flexibility index (Phi) is 7.86. The highest BCUT2D eigenvalue weighted by Gasteiger charge is 2.01. The Morgan fingerprint density at radius 2 is 1.05 bits per heavy atom. The smallest absolute Gasteiger partial charge is 0.0642 e. The summed E-state index contributed by atoms with van der Waals surface area (Å²) < 4.78 is 0. The third kappa shape index (κ3) is 5.28. The summed E-state index contributed by atoms with van der Waals surface area (Å²) in [6.45, 7) is 10.3. The van der Waals surface area contributed by atoms with Crippen molar-refractivity contribution in [1.29, 1.82) is 0 Å². The van der Waals surface area contributed by atoms with Gasteiger partial charge in [0.05, 0.1) is 13.1 Å². The Morgan fingerprint density at radius 1 is 0.700 bits per heavy atom. The zero-order valence-electron chi connectivity index (χ0n) is 13.4. The Morgan fingerprint density at radius 3 is 1.35 bits per heavy atom. The van der Waals surface area contributed by atoms with Crippen molar-refractivity contribution in [2.24, 2.45) is 9.98 Å². The van der Waals surface area contributed by atoms with Crippen molar-refractivity contribution in [2.75, 3.05) is 0 Å². The van der Waals surface area contributed by atoms with E-state index in [1.807, 2.05) is 0 Å². The summed E-state index contributed by atoms with van der Waals surface area (Å²) in [4.78, 5) is 9.45. The van der Waals surface area contributed by atoms with Crippen molar-refractivity contribution in [1.82, 2.24) is 0 Å². The molecule has 0 aliphatic rings. The van der Waals surface area contributed by atoms with E-state index in [-0.39, 0.29) is 0 Å². The second-order valence-corrected chi connectivity index (χ2v) is 4.95. The van der Waals surface area contributed by atoms with Crippen LogP contribution in [-0.2, 0) is 13.1 Å². The third-order valence-electron chi connectivity index (χ3n) is 3.70. The SMILES string of the molecule is CCC(CC)=NCc1ccccc1CN=C(CC)CC. The monoisotopic (exact) mass is 272 g/mol. The molecule has 2 nitrogen and oxygen atoms in total. The van der Waals surface area contributed by atoms with Crippen molar-refractivity contribution < 1.29 is 0 Å². The fraction of sp³-hybridized carbons (Fsp3) is 0.556. The fourth-order valence-electron chi connectivity index (χ4n) is 2.21. The molecule has 1 aromatic rings. The second-order valence-electron chi connectivity index (χ2n) is 4.95. The average molecular weight is 272 g/mol. The molecule has 0 saturated heterocycles. The van der Waals surface area contributed by atoms with Gasteiger partial charge in [-0.15, -0.1) is 0 Å². The van der Waals surface area contributed by atoms with Crippen LogP contribution in [-0.4, -0.2) is 11.4 Å². The predicted molar refractivity (Wildman–Crippen MR) is 89.9 cm³/mol. The third-order valence-corrected chi connectivity index (χ3v) is 3.70. The topological polar surface area (TPSA) is 24.7 Å². The average Bonchev–Trinajstić information content (AvgIpc) is 2.50. The lowest BCUT2D eigenvalue weighted by atomic mass is 10.1. The summed E-state index contributed by atoms with van der Waals surface area (Å²) in [5.41, 5.74) is 5.21. The molecular formula is C18H28N2. The van der Waals surface area contributed by atoms with Gasteiger partial charge in [-0.25, -0.2) is 0 Å². The molecule has 0 aliphatic carbocycles. The molecule has 1 aromatic carbocycles. The maximum Gasteiger partial charge on any atom is 0.0642 e. The zero-order chi connectivity index (χ0) is 14.8. The van der Waals surface area contributed by atoms with Crippen LogP contribution in [0.1, 0.15) is 64.5 Å². The molecule has 0 aliphatic heterocycles. The van der Waals surface area contributed by atoms with E-state index in [1.165, 1.54) is 22.6 Å². The first-order valence-electron chi connectivity index (χ1n) is 7.86. The molecule has 0 saturated carbocycles. The van der Waals surface area contributed by atoms with Gasteiger partial charge in [-0.2, -0.15) is 0 Å². The van der Waals surface area contributed by atoms with Crippen molar-refractivity contribution in [3.8, 4) is 0 Å². The molecule has 0 radical (unpaired) electrons. The first-order chi connectivity index (χ1) is 9.74. The van der Waals surface area contributed by atoms with Gasteiger partial charge in [-0.05, 0) is 36.8 Å². The first-order valence-corrected chi connectivity index (χ1v) is 7.86. The molecule has 20 heavy (non-hydrogen) atoms. The van der Waals surface area contributed by atoms with Crippen LogP contribution in [0.3, 0.4) is 0 Å². The van der Waals surface area contributed by atoms with Crippen LogP contribution >= 0.6 is 0 Å². The molecule has 110 valence electrons. The Balaban J connectivity index is 2.83. The summed E-state index contributed by atoms with van der Waals surface area (Å²) in [5.74, 6) is 0. The Labute approximate surface area is 124 Å². The van der Waals surface area contributed by atoms with Crippen LogP contribution in [0.15, 0.2) is 34.3 Å². The summed E-state index contributed by atoms with van der Waals surface area (Å²) in [5, 5.41) is 0. The quantitative estimate of drug-likeness (QED) is 0.580. The molecule has 0 N–H and O–H groups in total. The molecule has 2 heteroatoms. The standard InChI is InChI=1S/C18H28N2/c1-5-17(6-2)19-13-15-11-9-10-12-16(15)14-20-18(7-3)8-4/h9-12H,5-8,13-14H2,1-4H3. The second kappa shape index (κ2) is 9.46. The molecule has 0 atom stereocenters. The molecule has 0 spiro atoms. The van der Waals surface area contributed by atoms with Gasteiger partial charge in [0, 0.05) is 11.4 Å². The highest BCUT2D eigenvalue weighted by Crippen LogP contribution is 2.13. The number of benzene rings is 1. The number of hydrogen-bond acceptors (Lipinski definition) is 2. The largest absolute Gasteiger partial charge is 0.289 e. The molecule has 0 unspecified atom stereocenters. The zero-order valence-corrected chi connectivity index (χ0v) is 13.4. The Bertz CT molecular complexity index is 403. The van der Waals surface area contributed by atoms with E-state index in [9.17, 15) is 0 Å². The maximum atomic E-state index is 4.73. The van der Waals surface area contributed by atoms with E-state index in [4.69, 9.17) is 9.98 Å². The highest BCUT2D eigenvalue weighted by atomic mass is 14.8. The predicted octanol–water partition coefficient (Wildman–Crippen LogP) is 5.21. The fourth-order valence-corrected chi connectivity index (χ4v) is 2.21. The van der Waals surface area contributed by atoms with Crippen LogP contribution in [0.5, 0.6) is 0 Å². The molecular weight excluding hydrogens is 244 g/mol. The van der Waals surface area contributed by atoms with Crippen LogP contribution in [0.4, 0.5) is 0 Å². The molecule has 0 amide bonds. The minimum atomic E-state index is 0.788. The molecule has 0 fully saturated rings. The van der Waals surface area contributed by atoms with Crippen LogP contribution in [0, 0.1) is 0 Å². The van der Waals surface area contributed by atoms with Crippen molar-refractivity contribution in [3.05, 3.63) is 35.4 Å². The molecule has 1 rings (SSSR count). The van der Waals surface area contributed by atoms with Crippen LogP contribution < -0.4 is 0 Å². The Hall–Kier alpha value is -1.44. The summed E-state index contributed by atoms with van der Waals surface area (Å²) >= 11 is 0. The number of rotatable bonds is 8. The molecule has 0 aromatic heterocycles. The highest BCUT2D eigenvalue weighted by molar-refractivity contribution is 5.84. The van der Waals surface area contributed by atoms with Gasteiger partial charge in [0.1, 0.15) is 0 Å². The van der Waals surface area contributed by atoms with Gasteiger partial charge in [0.2, 0.25) is 0 Å². The van der Waals surface area contributed by atoms with E-state index in [2.05, 4.69) is 52.0 Å². The van der Waals surface area contributed by atoms with Crippen LogP contribution in [0.2, 0.25) is 0 Å². The number of hydrogen-bond donors (Lipinski definition) is 0. The van der Waals surface area contributed by atoms with Gasteiger partial charge in [-0.3, -0.25) is 9.98 Å². The molecule has 0 bridgehead atoms. The van der Waals surface area contributed by atoms with Gasteiger partial charge in [0.25, 0.3) is 0 Å². The minimum absolute atomic E-state index is 0.788. The summed E-state index contributed by atoms with van der Waals surface area (Å²) in [6, 6.07) is 8.54.